The maximum Gasteiger partial charge on any atom is 0.408 e. The molecule has 8 rings (SSSR count). The Labute approximate surface area is 366 Å². The molecule has 3 unspecified atom stereocenters. The van der Waals surface area contributed by atoms with Crippen LogP contribution in [0.25, 0.3) is 10.9 Å². The number of nitrogens with zero attached hydrogens (tertiary/aromatic N) is 1. The van der Waals surface area contributed by atoms with Crippen LogP contribution >= 0.6 is 15.9 Å². The molecule has 0 spiro atoms. The molecule has 1 aromatic heterocycles. The van der Waals surface area contributed by atoms with Gasteiger partial charge in [-0.3, -0.25) is 9.59 Å². The minimum Gasteiger partial charge on any atom is -0.506 e. The number of aromatic amines is 1. The van der Waals surface area contributed by atoms with Gasteiger partial charge in [-0.05, 0) is 66.4 Å². The average molecular weight is 895 g/mol. The summed E-state index contributed by atoms with van der Waals surface area (Å²) >= 11 is 3.68. The fourth-order valence-electron chi connectivity index (χ4n) is 9.05. The quantitative estimate of drug-likeness (QED) is 0.0279. The third kappa shape index (κ3) is 11.9. The number of aromatic nitrogens is 1. The Balaban J connectivity index is 0.827. The van der Waals surface area contributed by atoms with Gasteiger partial charge < -0.3 is 39.8 Å². The number of nitrogens with one attached hydrogen (secondary N) is 3. The third-order valence-electron chi connectivity index (χ3n) is 12.4. The van der Waals surface area contributed by atoms with Gasteiger partial charge in [0.2, 0.25) is 11.3 Å². The number of fused-ring (bicyclic) bond motifs is 4. The number of benzene rings is 4. The molecule has 4 aromatic carbocycles. The number of ketones is 1. The number of aliphatic hydroxyl groups excluding tert-OH is 1. The number of phenolic OH excluding ortho intramolecular Hbond substituents is 1. The van der Waals surface area contributed by atoms with Gasteiger partial charge in [-0.15, -0.1) is 0 Å². The minimum atomic E-state index is -0.758. The van der Waals surface area contributed by atoms with Crippen LogP contribution in [0.5, 0.6) is 11.5 Å². The second-order valence-corrected chi connectivity index (χ2v) is 17.7. The Kier molecular flexibility index (Phi) is 15.3. The predicted molar refractivity (Wildman–Crippen MR) is 241 cm³/mol. The van der Waals surface area contributed by atoms with E-state index in [2.05, 4.69) is 31.5 Å². The summed E-state index contributed by atoms with van der Waals surface area (Å²) in [7, 11) is 0. The molecular formula is C49H58BrN4O7+. The van der Waals surface area contributed by atoms with Crippen LogP contribution in [0.2, 0.25) is 0 Å². The summed E-state index contributed by atoms with van der Waals surface area (Å²) in [6.45, 7) is 4.72. The Morgan fingerprint density at radius 3 is 2.30 bits per heavy atom. The van der Waals surface area contributed by atoms with Crippen molar-refractivity contribution in [2.24, 2.45) is 5.92 Å². The van der Waals surface area contributed by atoms with Crippen molar-refractivity contribution in [3.8, 4) is 11.5 Å². The van der Waals surface area contributed by atoms with E-state index in [0.29, 0.717) is 53.1 Å². The summed E-state index contributed by atoms with van der Waals surface area (Å²) in [5.74, 6) is 1.15. The Hall–Kier alpha value is -5.01. The Morgan fingerprint density at radius 1 is 0.836 bits per heavy atom. The molecule has 12 heteroatoms. The molecule has 61 heavy (non-hydrogen) atoms. The fraction of sp³-hybridized carbons (Fsp3) is 0.408. The average Bonchev–Trinajstić information content (AvgIpc) is 3.26. The molecule has 3 atom stereocenters. The van der Waals surface area contributed by atoms with Crippen LogP contribution in [0.3, 0.4) is 0 Å². The van der Waals surface area contributed by atoms with Gasteiger partial charge in [0.15, 0.2) is 6.10 Å². The predicted octanol–water partition coefficient (Wildman–Crippen LogP) is 8.74. The van der Waals surface area contributed by atoms with Crippen LogP contribution < -0.4 is 20.9 Å². The van der Waals surface area contributed by atoms with Gasteiger partial charge in [-0.2, -0.15) is 0 Å². The molecule has 5 aromatic rings. The lowest BCUT2D eigenvalue weighted by atomic mass is 9.83. The molecule has 0 saturated carbocycles. The number of aliphatic hydroxyl groups is 1. The van der Waals surface area contributed by atoms with Crippen molar-refractivity contribution >= 4 is 38.7 Å². The number of unbranched alkanes of at least 4 members (excludes halogenated alkanes) is 6. The van der Waals surface area contributed by atoms with Crippen molar-refractivity contribution in [3.05, 3.63) is 140 Å². The van der Waals surface area contributed by atoms with Crippen molar-refractivity contribution in [1.29, 1.82) is 0 Å². The first-order chi connectivity index (χ1) is 29.7. The number of Topliss-reactive ketones (excluding diaryl/α,β-unsaturated/α-hetero) is 1. The van der Waals surface area contributed by atoms with Crippen LogP contribution in [0, 0.1) is 5.92 Å². The molecule has 4 heterocycles. The number of carbonyl (C=O) groups is 2. The van der Waals surface area contributed by atoms with E-state index in [9.17, 15) is 24.6 Å². The largest absolute Gasteiger partial charge is 0.506 e. The number of pyridine rings is 1. The van der Waals surface area contributed by atoms with Gasteiger partial charge in [-0.25, -0.2) is 4.79 Å². The number of halogens is 1. The van der Waals surface area contributed by atoms with Crippen molar-refractivity contribution in [2.45, 2.75) is 76.0 Å². The summed E-state index contributed by atoms with van der Waals surface area (Å²) in [4.78, 5) is 41.3. The number of amides is 1. The molecule has 5 N–H and O–H groups in total. The molecule has 3 saturated heterocycles. The molecule has 2 bridgehead atoms. The van der Waals surface area contributed by atoms with E-state index in [1.807, 2.05) is 78.9 Å². The second-order valence-electron chi connectivity index (χ2n) is 16.7. The third-order valence-corrected chi connectivity index (χ3v) is 12.8. The van der Waals surface area contributed by atoms with E-state index in [1.54, 1.807) is 12.1 Å². The monoisotopic (exact) mass is 893 g/mol. The van der Waals surface area contributed by atoms with Crippen LogP contribution in [0.15, 0.2) is 112 Å². The van der Waals surface area contributed by atoms with Gasteiger partial charge in [0, 0.05) is 46.8 Å². The molecule has 3 aliphatic heterocycles. The van der Waals surface area contributed by atoms with Crippen molar-refractivity contribution in [2.75, 3.05) is 45.9 Å². The SMILES string of the molecule is O=C(NC(c1ccccc1)c1cc(Br)cc(OCCCCCCCCCNCC(O)c2ccc(O)c3[nH]c(=O)ccc23)c1)OC1C[N+]2(CC(=O)c3ccccc3)CCC1CC2. The smallest absolute Gasteiger partial charge is 0.408 e. The molecule has 3 aliphatic rings. The lowest BCUT2D eigenvalue weighted by Crippen LogP contribution is -2.66. The minimum absolute atomic E-state index is 0.0172. The lowest BCUT2D eigenvalue weighted by Gasteiger charge is -2.51. The number of rotatable bonds is 21. The molecule has 1 amide bonds. The number of phenols is 1. The summed E-state index contributed by atoms with van der Waals surface area (Å²) in [5.41, 5.74) is 3.25. The maximum atomic E-state index is 13.7. The summed E-state index contributed by atoms with van der Waals surface area (Å²) < 4.78 is 14.0. The Morgan fingerprint density at radius 2 is 1.54 bits per heavy atom. The van der Waals surface area contributed by atoms with Crippen LogP contribution in [0.1, 0.15) is 97.0 Å². The van der Waals surface area contributed by atoms with Crippen molar-refractivity contribution in [3.63, 3.8) is 0 Å². The first-order valence-corrected chi connectivity index (χ1v) is 22.6. The summed E-state index contributed by atoms with van der Waals surface area (Å²) in [5, 5.41) is 28.0. The van der Waals surface area contributed by atoms with E-state index < -0.39 is 18.2 Å². The number of ether oxygens (including phenoxy) is 2. The highest BCUT2D eigenvalue weighted by atomic mass is 79.9. The van der Waals surface area contributed by atoms with Gasteiger partial charge in [0.25, 0.3) is 0 Å². The van der Waals surface area contributed by atoms with Crippen molar-refractivity contribution < 1.29 is 33.8 Å². The van der Waals surface area contributed by atoms with Gasteiger partial charge in [0.1, 0.15) is 24.6 Å². The highest BCUT2D eigenvalue weighted by Gasteiger charge is 2.48. The van der Waals surface area contributed by atoms with Crippen LogP contribution in [-0.2, 0) is 4.74 Å². The molecule has 11 nitrogen and oxygen atoms in total. The highest BCUT2D eigenvalue weighted by molar-refractivity contribution is 9.10. The maximum absolute atomic E-state index is 13.7. The number of aromatic hydroxyl groups is 1. The number of carbonyl (C=O) groups excluding carboxylic acids is 2. The molecule has 0 radical (unpaired) electrons. The van der Waals surface area contributed by atoms with Crippen molar-refractivity contribution in [1.82, 2.24) is 15.6 Å². The number of hydrogen-bond acceptors (Lipinski definition) is 8. The summed E-state index contributed by atoms with van der Waals surface area (Å²) in [6.07, 6.45) is 7.95. The zero-order valence-electron chi connectivity index (χ0n) is 34.7. The lowest BCUT2D eigenvalue weighted by molar-refractivity contribution is -0.938. The molecule has 322 valence electrons. The zero-order chi connectivity index (χ0) is 42.6. The van der Waals surface area contributed by atoms with E-state index in [4.69, 9.17) is 9.47 Å². The number of alkyl carbamates (subject to hydrolysis) is 1. The molecule has 0 aliphatic carbocycles. The summed E-state index contributed by atoms with van der Waals surface area (Å²) in [6, 6.07) is 31.1. The molecule has 3 fully saturated rings. The number of H-pyrrole nitrogens is 1. The number of piperidine rings is 3. The van der Waals surface area contributed by atoms with E-state index in [1.165, 1.54) is 12.1 Å². The van der Waals surface area contributed by atoms with Crippen LogP contribution in [-0.4, -0.2) is 83.5 Å². The van der Waals surface area contributed by atoms with E-state index >= 15 is 0 Å². The molecular weight excluding hydrogens is 836 g/mol. The van der Waals surface area contributed by atoms with Gasteiger partial charge in [0.05, 0.1) is 37.4 Å². The number of hydrogen-bond donors (Lipinski definition) is 5. The van der Waals surface area contributed by atoms with E-state index in [0.717, 1.165) is 104 Å². The standard InChI is InChI=1S/C49H57BrN4O7/c50-38-28-37(29-39(30-38)60-27-13-5-3-1-2-4-12-24-51-31-43(56)40-18-20-42(55)48-41(40)19-21-46(58)52-48)47(36-16-10-7-11-17-36)53-49(59)61-45-33-54(25-22-35(45)23-26-54)32-44(57)34-14-8-6-9-15-34/h6-11,14-21,28-30,35,43,45,47,51,56H,1-5,12-13,22-27,31-33H2,(H2-,52,53,55,58,59)/p+1. The van der Waals surface area contributed by atoms with Gasteiger partial charge >= 0.3 is 6.09 Å². The fourth-order valence-corrected chi connectivity index (χ4v) is 9.54. The topological polar surface area (TPSA) is 150 Å². The highest BCUT2D eigenvalue weighted by Crippen LogP contribution is 2.37. The normalized spacial score (nSPS) is 19.3. The zero-order valence-corrected chi connectivity index (χ0v) is 36.3. The van der Waals surface area contributed by atoms with Crippen LogP contribution in [0.4, 0.5) is 4.79 Å². The first-order valence-electron chi connectivity index (χ1n) is 21.8. The Bertz CT molecular complexity index is 2280. The van der Waals surface area contributed by atoms with Gasteiger partial charge in [-0.1, -0.05) is 115 Å². The number of quaternary nitrogens is 1. The second kappa shape index (κ2) is 21.2. The first kappa shape index (κ1) is 44.1. The van der Waals surface area contributed by atoms with E-state index in [-0.39, 0.29) is 23.2 Å².